The van der Waals surface area contributed by atoms with Gasteiger partial charge in [0.05, 0.1) is 0 Å². The molecule has 0 saturated carbocycles. The van der Waals surface area contributed by atoms with E-state index in [2.05, 4.69) is 40.5 Å². The Morgan fingerprint density at radius 2 is 1.83 bits per heavy atom. The highest BCUT2D eigenvalue weighted by Gasteiger charge is 2.24. The molecule has 0 aromatic heterocycles. The Kier molecular flexibility index (Phi) is 7.38. The van der Waals surface area contributed by atoms with E-state index < -0.39 is 0 Å². The maximum Gasteiger partial charge on any atom is 0.222 e. The van der Waals surface area contributed by atoms with Crippen molar-refractivity contribution in [2.24, 2.45) is 11.8 Å². The second-order valence-electron chi connectivity index (χ2n) is 6.91. The predicted molar refractivity (Wildman–Crippen MR) is 96.9 cm³/mol. The molecule has 4 heteroatoms. The number of likely N-dealkylation sites (tertiary alicyclic amines) is 1. The number of nitrogens with zero attached hydrogens (tertiary/aromatic N) is 1. The van der Waals surface area contributed by atoms with Crippen molar-refractivity contribution < 1.29 is 4.79 Å². The summed E-state index contributed by atoms with van der Waals surface area (Å²) in [6.45, 7) is 4.15. The molecule has 2 aliphatic heterocycles. The lowest BCUT2D eigenvalue weighted by molar-refractivity contribution is -0.132. The Hall–Kier alpha value is -1.06. The van der Waals surface area contributed by atoms with Crippen LogP contribution in [0.15, 0.2) is 30.3 Å². The average molecular weight is 337 g/mol. The van der Waals surface area contributed by atoms with E-state index in [1.165, 1.54) is 12.0 Å². The number of hydrogen-bond acceptors (Lipinski definition) is 2. The fourth-order valence-electron chi connectivity index (χ4n) is 3.78. The third-order valence-electron chi connectivity index (χ3n) is 5.26. The second kappa shape index (κ2) is 9.29. The third kappa shape index (κ3) is 5.50. The van der Waals surface area contributed by atoms with E-state index in [1.54, 1.807) is 0 Å². The lowest BCUT2D eigenvalue weighted by Crippen LogP contribution is -2.39. The zero-order valence-corrected chi connectivity index (χ0v) is 14.7. The second-order valence-corrected chi connectivity index (χ2v) is 6.91. The molecule has 128 valence electrons. The number of nitrogens with one attached hydrogen (secondary N) is 1. The molecule has 1 atom stereocenters. The van der Waals surface area contributed by atoms with Crippen molar-refractivity contribution >= 4 is 18.3 Å². The molecule has 3 rings (SSSR count). The van der Waals surface area contributed by atoms with Crippen LogP contribution in [0.1, 0.15) is 37.7 Å². The van der Waals surface area contributed by atoms with Crippen LogP contribution in [-0.2, 0) is 11.2 Å². The molecule has 1 amide bonds. The number of benzene rings is 1. The zero-order chi connectivity index (χ0) is 15.2. The van der Waals surface area contributed by atoms with Crippen LogP contribution in [0.2, 0.25) is 0 Å². The van der Waals surface area contributed by atoms with E-state index in [-0.39, 0.29) is 12.4 Å². The van der Waals surface area contributed by atoms with Gasteiger partial charge in [-0.1, -0.05) is 30.3 Å². The summed E-state index contributed by atoms with van der Waals surface area (Å²) in [5, 5.41) is 3.38. The Morgan fingerprint density at radius 1 is 1.09 bits per heavy atom. The van der Waals surface area contributed by atoms with Gasteiger partial charge < -0.3 is 10.2 Å². The van der Waals surface area contributed by atoms with Crippen molar-refractivity contribution in [2.75, 3.05) is 26.2 Å². The van der Waals surface area contributed by atoms with Crippen molar-refractivity contribution in [1.82, 2.24) is 10.2 Å². The van der Waals surface area contributed by atoms with Gasteiger partial charge in [0.15, 0.2) is 0 Å². The van der Waals surface area contributed by atoms with Gasteiger partial charge in [-0.2, -0.15) is 0 Å². The van der Waals surface area contributed by atoms with Gasteiger partial charge in [-0.25, -0.2) is 0 Å². The highest BCUT2D eigenvalue weighted by molar-refractivity contribution is 5.85. The van der Waals surface area contributed by atoms with Gasteiger partial charge in [-0.15, -0.1) is 12.4 Å². The Bertz CT molecular complexity index is 466. The Balaban J connectivity index is 0.00000192. The fraction of sp³-hybridized carbons (Fsp3) is 0.632. The normalized spacial score (nSPS) is 21.9. The van der Waals surface area contributed by atoms with Gasteiger partial charge in [-0.05, 0) is 62.6 Å². The Morgan fingerprint density at radius 3 is 2.48 bits per heavy atom. The van der Waals surface area contributed by atoms with Crippen molar-refractivity contribution in [3.05, 3.63) is 35.9 Å². The molecule has 0 radical (unpaired) electrons. The number of carbonyl (C=O) groups excluding carboxylic acids is 1. The third-order valence-corrected chi connectivity index (χ3v) is 5.26. The first-order valence-electron chi connectivity index (χ1n) is 8.83. The van der Waals surface area contributed by atoms with Gasteiger partial charge in [-0.3, -0.25) is 4.79 Å². The van der Waals surface area contributed by atoms with Gasteiger partial charge in [0.1, 0.15) is 0 Å². The van der Waals surface area contributed by atoms with Crippen LogP contribution in [0.25, 0.3) is 0 Å². The molecular weight excluding hydrogens is 308 g/mol. The monoisotopic (exact) mass is 336 g/mol. The summed E-state index contributed by atoms with van der Waals surface area (Å²) in [6.07, 6.45) is 6.53. The topological polar surface area (TPSA) is 32.3 Å². The van der Waals surface area contributed by atoms with Crippen LogP contribution in [-0.4, -0.2) is 37.0 Å². The molecule has 1 unspecified atom stereocenters. The summed E-state index contributed by atoms with van der Waals surface area (Å²) in [7, 11) is 0. The maximum atomic E-state index is 12.3. The highest BCUT2D eigenvalue weighted by atomic mass is 35.5. The van der Waals surface area contributed by atoms with Crippen LogP contribution < -0.4 is 5.32 Å². The van der Waals surface area contributed by atoms with E-state index in [9.17, 15) is 4.79 Å². The first kappa shape index (κ1) is 18.3. The van der Waals surface area contributed by atoms with E-state index in [4.69, 9.17) is 0 Å². The van der Waals surface area contributed by atoms with Crippen molar-refractivity contribution in [3.8, 4) is 0 Å². The minimum atomic E-state index is 0. The standard InChI is InChI=1S/C19H28N2O.ClH/c22-19(7-6-18-8-11-20-15-18)21-12-9-17(10-13-21)14-16-4-2-1-3-5-16;/h1-5,17-18,20H,6-15H2;1H. The highest BCUT2D eigenvalue weighted by Crippen LogP contribution is 2.23. The van der Waals surface area contributed by atoms with Crippen LogP contribution in [0.3, 0.4) is 0 Å². The molecule has 2 fully saturated rings. The van der Waals surface area contributed by atoms with E-state index in [0.29, 0.717) is 5.91 Å². The van der Waals surface area contributed by atoms with Crippen LogP contribution in [0, 0.1) is 11.8 Å². The summed E-state index contributed by atoms with van der Waals surface area (Å²) in [5.74, 6) is 1.84. The minimum absolute atomic E-state index is 0. The quantitative estimate of drug-likeness (QED) is 0.895. The van der Waals surface area contributed by atoms with E-state index >= 15 is 0 Å². The summed E-state index contributed by atoms with van der Waals surface area (Å²) < 4.78 is 0. The molecule has 2 heterocycles. The smallest absolute Gasteiger partial charge is 0.222 e. The van der Waals surface area contributed by atoms with Crippen LogP contribution in [0.5, 0.6) is 0 Å². The van der Waals surface area contributed by atoms with E-state index in [0.717, 1.165) is 70.1 Å². The van der Waals surface area contributed by atoms with Crippen molar-refractivity contribution in [2.45, 2.75) is 38.5 Å². The lowest BCUT2D eigenvalue weighted by atomic mass is 9.90. The number of halogens is 1. The first-order valence-corrected chi connectivity index (χ1v) is 8.83. The van der Waals surface area contributed by atoms with Crippen LogP contribution >= 0.6 is 12.4 Å². The zero-order valence-electron chi connectivity index (χ0n) is 13.9. The molecular formula is C19H29ClN2O. The number of piperidine rings is 1. The predicted octanol–water partition coefficient (Wildman–Crippen LogP) is 3.28. The molecule has 2 aliphatic rings. The first-order chi connectivity index (χ1) is 10.8. The molecule has 0 spiro atoms. The Labute approximate surface area is 146 Å². The van der Waals surface area contributed by atoms with Crippen molar-refractivity contribution in [3.63, 3.8) is 0 Å². The van der Waals surface area contributed by atoms with Crippen LogP contribution in [0.4, 0.5) is 0 Å². The number of hydrogen-bond donors (Lipinski definition) is 1. The van der Waals surface area contributed by atoms with E-state index in [1.807, 2.05) is 0 Å². The van der Waals surface area contributed by atoms with Crippen molar-refractivity contribution in [1.29, 1.82) is 0 Å². The number of amides is 1. The van der Waals surface area contributed by atoms with Gasteiger partial charge in [0, 0.05) is 19.5 Å². The number of carbonyl (C=O) groups is 1. The summed E-state index contributed by atoms with van der Waals surface area (Å²) in [5.41, 5.74) is 1.43. The molecule has 1 N–H and O–H groups in total. The average Bonchev–Trinajstić information content (AvgIpc) is 3.08. The molecule has 0 aliphatic carbocycles. The van der Waals surface area contributed by atoms with Gasteiger partial charge >= 0.3 is 0 Å². The molecule has 2 saturated heterocycles. The minimum Gasteiger partial charge on any atom is -0.343 e. The largest absolute Gasteiger partial charge is 0.343 e. The lowest BCUT2D eigenvalue weighted by Gasteiger charge is -2.32. The fourth-order valence-corrected chi connectivity index (χ4v) is 3.78. The maximum absolute atomic E-state index is 12.3. The molecule has 1 aromatic rings. The SMILES string of the molecule is Cl.O=C(CCC1CCNC1)N1CCC(Cc2ccccc2)CC1. The van der Waals surface area contributed by atoms with Gasteiger partial charge in [0.2, 0.25) is 5.91 Å². The molecule has 1 aromatic carbocycles. The molecule has 3 nitrogen and oxygen atoms in total. The number of rotatable bonds is 5. The molecule has 0 bridgehead atoms. The summed E-state index contributed by atoms with van der Waals surface area (Å²) in [4.78, 5) is 14.4. The van der Waals surface area contributed by atoms with Gasteiger partial charge in [0.25, 0.3) is 0 Å². The summed E-state index contributed by atoms with van der Waals surface area (Å²) in [6, 6.07) is 10.7. The summed E-state index contributed by atoms with van der Waals surface area (Å²) >= 11 is 0. The molecule has 23 heavy (non-hydrogen) atoms.